The van der Waals surface area contributed by atoms with Gasteiger partial charge in [0.25, 0.3) is 0 Å². The van der Waals surface area contributed by atoms with Crippen molar-refractivity contribution >= 4 is 31.3 Å². The average Bonchev–Trinajstić information content (AvgIpc) is 3.13. The number of esters is 1. The number of rotatable bonds is 3. The van der Waals surface area contributed by atoms with Crippen molar-refractivity contribution in [3.8, 4) is 5.88 Å². The molecule has 12 nitrogen and oxygen atoms in total. The van der Waals surface area contributed by atoms with Crippen LogP contribution in [0, 0.1) is 0 Å². The number of nitrogens with two attached hydrogens (primary N) is 1. The van der Waals surface area contributed by atoms with E-state index in [9.17, 15) is 9.36 Å². The summed E-state index contributed by atoms with van der Waals surface area (Å²) in [7, 11) is -0.907. The van der Waals surface area contributed by atoms with Crippen molar-refractivity contribution in [1.29, 1.82) is 0 Å². The van der Waals surface area contributed by atoms with Gasteiger partial charge in [-0.3, -0.25) is 9.36 Å². The zero-order chi connectivity index (χ0) is 19.3. The predicted octanol–water partition coefficient (Wildman–Crippen LogP) is 0.709. The minimum atomic E-state index is -2.34. The van der Waals surface area contributed by atoms with Crippen LogP contribution in [0.2, 0.25) is 0 Å². The SMILES string of the molecule is COc1nc(N)nc2c1ncn2C1OC2CO[P+](=O)OC2C1(C)OC(C)=O. The molecule has 2 aliphatic heterocycles. The molecule has 2 fully saturated rings. The van der Waals surface area contributed by atoms with Gasteiger partial charge in [0, 0.05) is 11.5 Å². The molecule has 0 amide bonds. The van der Waals surface area contributed by atoms with Crippen molar-refractivity contribution in [1.82, 2.24) is 19.5 Å². The standard InChI is InChI=1S/C14H17N5O7P/c1-6(20)25-14(2)9-7(4-23-27(21)26-9)24-12(14)19-5-16-8-10(19)17-13(15)18-11(8)22-3/h5,7,9,12H,4H2,1-3H3,(H2,15,17,18)/q+1. The Morgan fingerprint density at radius 2 is 2.26 bits per heavy atom. The summed E-state index contributed by atoms with van der Waals surface area (Å²) in [5, 5.41) is 0. The maximum absolute atomic E-state index is 11.8. The molecule has 2 aromatic rings. The summed E-state index contributed by atoms with van der Waals surface area (Å²) >= 11 is 0. The number of nitrogens with zero attached hydrogens (tertiary/aromatic N) is 4. The normalized spacial score (nSPS) is 31.7. The lowest BCUT2D eigenvalue weighted by molar-refractivity contribution is -0.174. The van der Waals surface area contributed by atoms with Crippen LogP contribution in [0.3, 0.4) is 0 Å². The number of methoxy groups -OCH3 is 1. The fourth-order valence-corrected chi connectivity index (χ4v) is 4.28. The number of aromatic nitrogens is 4. The van der Waals surface area contributed by atoms with Gasteiger partial charge in [0.2, 0.25) is 11.8 Å². The monoisotopic (exact) mass is 398 g/mol. The topological polar surface area (TPSA) is 150 Å². The Morgan fingerprint density at radius 3 is 2.96 bits per heavy atom. The Bertz CT molecular complexity index is 936. The van der Waals surface area contributed by atoms with Crippen LogP contribution >= 0.6 is 8.25 Å². The second kappa shape index (κ2) is 6.34. The molecule has 0 saturated carbocycles. The lowest BCUT2D eigenvalue weighted by Gasteiger charge is -2.32. The molecule has 0 aliphatic carbocycles. The van der Waals surface area contributed by atoms with Gasteiger partial charge in [-0.15, -0.1) is 9.05 Å². The summed E-state index contributed by atoms with van der Waals surface area (Å²) in [6.07, 6.45) is -0.843. The number of hydrogen-bond acceptors (Lipinski definition) is 11. The third-order valence-corrected chi connectivity index (χ3v) is 5.22. The van der Waals surface area contributed by atoms with E-state index in [1.54, 1.807) is 11.5 Å². The molecule has 27 heavy (non-hydrogen) atoms. The van der Waals surface area contributed by atoms with Gasteiger partial charge >= 0.3 is 14.2 Å². The molecule has 2 N–H and O–H groups in total. The highest BCUT2D eigenvalue weighted by Crippen LogP contribution is 2.50. The molecule has 0 spiro atoms. The lowest BCUT2D eigenvalue weighted by Crippen LogP contribution is -2.49. The van der Waals surface area contributed by atoms with E-state index < -0.39 is 38.3 Å². The Labute approximate surface area is 153 Å². The number of carbonyl (C=O) groups excluding carboxylic acids is 1. The van der Waals surface area contributed by atoms with Crippen LogP contribution < -0.4 is 10.5 Å². The van der Waals surface area contributed by atoms with Gasteiger partial charge in [-0.2, -0.15) is 9.97 Å². The fourth-order valence-electron chi connectivity index (χ4n) is 3.42. The second-order valence-electron chi connectivity index (χ2n) is 6.26. The van der Waals surface area contributed by atoms with Crippen molar-refractivity contribution in [3.63, 3.8) is 0 Å². The molecule has 4 rings (SSSR count). The highest BCUT2D eigenvalue weighted by Gasteiger charge is 2.64. The van der Waals surface area contributed by atoms with Crippen LogP contribution in [0.25, 0.3) is 11.2 Å². The molecule has 13 heteroatoms. The van der Waals surface area contributed by atoms with Gasteiger partial charge in [-0.1, -0.05) is 0 Å². The summed E-state index contributed by atoms with van der Waals surface area (Å²) in [5.74, 6) is -0.370. The second-order valence-corrected chi connectivity index (χ2v) is 7.18. The highest BCUT2D eigenvalue weighted by atomic mass is 31.1. The molecule has 5 unspecified atom stereocenters. The van der Waals surface area contributed by atoms with Crippen molar-refractivity contribution in [2.45, 2.75) is 37.9 Å². The van der Waals surface area contributed by atoms with Crippen LogP contribution in [0.1, 0.15) is 20.1 Å². The smallest absolute Gasteiger partial charge is 0.479 e. The maximum atomic E-state index is 11.8. The first-order valence-corrected chi connectivity index (χ1v) is 9.09. The zero-order valence-corrected chi connectivity index (χ0v) is 15.6. The van der Waals surface area contributed by atoms with Gasteiger partial charge < -0.3 is 19.9 Å². The van der Waals surface area contributed by atoms with E-state index in [4.69, 9.17) is 29.0 Å². The molecule has 0 radical (unpaired) electrons. The zero-order valence-electron chi connectivity index (χ0n) is 14.7. The number of imidazole rings is 1. The average molecular weight is 398 g/mol. The van der Waals surface area contributed by atoms with Gasteiger partial charge in [0.15, 0.2) is 29.1 Å². The van der Waals surface area contributed by atoms with Gasteiger partial charge in [-0.05, 0) is 6.92 Å². The van der Waals surface area contributed by atoms with Crippen LogP contribution in [0.15, 0.2) is 6.33 Å². The van der Waals surface area contributed by atoms with Crippen molar-refractivity contribution in [3.05, 3.63) is 6.33 Å². The summed E-state index contributed by atoms with van der Waals surface area (Å²) in [6, 6.07) is 0. The summed E-state index contributed by atoms with van der Waals surface area (Å²) in [6.45, 7) is 2.93. The van der Waals surface area contributed by atoms with E-state index in [1.165, 1.54) is 20.4 Å². The first-order chi connectivity index (χ1) is 12.8. The number of ether oxygens (including phenoxy) is 3. The van der Waals surface area contributed by atoms with Crippen molar-refractivity contribution in [2.24, 2.45) is 0 Å². The third kappa shape index (κ3) is 2.81. The van der Waals surface area contributed by atoms with Gasteiger partial charge in [-0.25, -0.2) is 4.98 Å². The number of anilines is 1. The molecule has 0 bridgehead atoms. The first-order valence-electron chi connectivity index (χ1n) is 7.99. The molecule has 0 aromatic carbocycles. The van der Waals surface area contributed by atoms with E-state index in [0.29, 0.717) is 11.2 Å². The minimum absolute atomic E-state index is 0.0200. The van der Waals surface area contributed by atoms with Gasteiger partial charge in [0.05, 0.1) is 13.4 Å². The van der Waals surface area contributed by atoms with E-state index >= 15 is 0 Å². The highest BCUT2D eigenvalue weighted by molar-refractivity contribution is 7.33. The molecule has 2 aliphatic rings. The van der Waals surface area contributed by atoms with Crippen molar-refractivity contribution in [2.75, 3.05) is 19.5 Å². The van der Waals surface area contributed by atoms with E-state index in [1.807, 2.05) is 0 Å². The van der Waals surface area contributed by atoms with Crippen LogP contribution in [-0.2, 0) is 27.9 Å². The molecule has 4 heterocycles. The minimum Gasteiger partial charge on any atom is -0.479 e. The fraction of sp³-hybridized carbons (Fsp3) is 0.571. The van der Waals surface area contributed by atoms with Gasteiger partial charge in [0.1, 0.15) is 12.7 Å². The van der Waals surface area contributed by atoms with Crippen LogP contribution in [-0.4, -0.2) is 57.0 Å². The van der Waals surface area contributed by atoms with E-state index in [-0.39, 0.29) is 18.4 Å². The lowest BCUT2D eigenvalue weighted by atomic mass is 9.96. The Morgan fingerprint density at radius 1 is 1.48 bits per heavy atom. The van der Waals surface area contributed by atoms with E-state index in [2.05, 4.69) is 15.0 Å². The molecule has 5 atom stereocenters. The number of fused-ring (bicyclic) bond motifs is 2. The number of carbonyl (C=O) groups is 1. The molecule has 2 saturated heterocycles. The Hall–Kier alpha value is -2.40. The quantitative estimate of drug-likeness (QED) is 0.575. The van der Waals surface area contributed by atoms with Crippen LogP contribution in [0.4, 0.5) is 5.95 Å². The number of nitrogen functional groups attached to an aromatic ring is 1. The van der Waals surface area contributed by atoms with E-state index in [0.717, 1.165) is 0 Å². The summed E-state index contributed by atoms with van der Waals surface area (Å²) in [4.78, 5) is 24.2. The molecular weight excluding hydrogens is 381 g/mol. The summed E-state index contributed by atoms with van der Waals surface area (Å²) in [5.41, 5.74) is 5.13. The summed E-state index contributed by atoms with van der Waals surface area (Å²) < 4.78 is 40.5. The molecule has 2 aromatic heterocycles. The first kappa shape index (κ1) is 18.0. The molecular formula is C14H17N5O7P+. The van der Waals surface area contributed by atoms with Crippen molar-refractivity contribution < 1.29 is 32.6 Å². The Balaban J connectivity index is 1.84. The third-order valence-electron chi connectivity index (χ3n) is 4.46. The number of hydrogen-bond donors (Lipinski definition) is 1. The molecule has 144 valence electrons. The van der Waals surface area contributed by atoms with Crippen LogP contribution in [0.5, 0.6) is 5.88 Å². The predicted molar refractivity (Wildman–Crippen MR) is 88.8 cm³/mol. The largest absolute Gasteiger partial charge is 0.698 e. The maximum Gasteiger partial charge on any atom is 0.698 e. The Kier molecular flexibility index (Phi) is 4.22.